The molecule has 0 aliphatic carbocycles. The minimum atomic E-state index is -4.31. The SMILES string of the molecule is O=C(O)C1CCC(=O)N(CC(F)(F)C(F)F)C1. The molecule has 98 valence electrons. The van der Waals surface area contributed by atoms with Gasteiger partial charge in [0.1, 0.15) is 0 Å². The number of likely N-dealkylation sites (tertiary alicyclic amines) is 1. The van der Waals surface area contributed by atoms with E-state index in [0.29, 0.717) is 4.90 Å². The van der Waals surface area contributed by atoms with Gasteiger partial charge in [0, 0.05) is 13.0 Å². The van der Waals surface area contributed by atoms with E-state index in [9.17, 15) is 27.2 Å². The maximum Gasteiger partial charge on any atom is 0.324 e. The summed E-state index contributed by atoms with van der Waals surface area (Å²) in [6, 6.07) is 0. The number of carbonyl (C=O) groups is 2. The molecule has 0 saturated carbocycles. The predicted octanol–water partition coefficient (Wildman–Crippen LogP) is 1.21. The summed E-state index contributed by atoms with van der Waals surface area (Å²) in [5.74, 6) is -7.22. The molecule has 1 amide bonds. The van der Waals surface area contributed by atoms with E-state index in [4.69, 9.17) is 5.11 Å². The molecular formula is C9H11F4NO3. The lowest BCUT2D eigenvalue weighted by Gasteiger charge is -2.32. The molecule has 0 aromatic carbocycles. The van der Waals surface area contributed by atoms with Crippen LogP contribution in [0.2, 0.25) is 0 Å². The third-order valence-electron chi connectivity index (χ3n) is 2.57. The molecule has 1 aliphatic rings. The van der Waals surface area contributed by atoms with Gasteiger partial charge >= 0.3 is 18.3 Å². The van der Waals surface area contributed by atoms with E-state index in [1.54, 1.807) is 0 Å². The van der Waals surface area contributed by atoms with Crippen molar-refractivity contribution in [2.45, 2.75) is 25.2 Å². The van der Waals surface area contributed by atoms with Crippen molar-refractivity contribution < 1.29 is 32.3 Å². The van der Waals surface area contributed by atoms with Gasteiger partial charge in [0.05, 0.1) is 12.5 Å². The van der Waals surface area contributed by atoms with Gasteiger partial charge in [-0.3, -0.25) is 9.59 Å². The van der Waals surface area contributed by atoms with E-state index in [1.807, 2.05) is 0 Å². The summed E-state index contributed by atoms with van der Waals surface area (Å²) in [7, 11) is 0. The molecule has 1 fully saturated rings. The molecule has 1 heterocycles. The Bertz CT molecular complexity index is 321. The fraction of sp³-hybridized carbons (Fsp3) is 0.778. The Balaban J connectivity index is 2.68. The molecule has 17 heavy (non-hydrogen) atoms. The highest BCUT2D eigenvalue weighted by Crippen LogP contribution is 2.27. The van der Waals surface area contributed by atoms with Crippen LogP contribution < -0.4 is 0 Å². The maximum absolute atomic E-state index is 12.7. The zero-order valence-electron chi connectivity index (χ0n) is 8.71. The number of carbonyl (C=O) groups excluding carboxylic acids is 1. The first-order chi connectivity index (χ1) is 7.74. The minimum absolute atomic E-state index is 0.0465. The number of amides is 1. The quantitative estimate of drug-likeness (QED) is 0.770. The van der Waals surface area contributed by atoms with Gasteiger partial charge in [-0.2, -0.15) is 8.78 Å². The molecule has 1 atom stereocenters. The first-order valence-corrected chi connectivity index (χ1v) is 4.90. The molecule has 0 spiro atoms. The van der Waals surface area contributed by atoms with Crippen LogP contribution >= 0.6 is 0 Å². The normalized spacial score (nSPS) is 22.1. The topological polar surface area (TPSA) is 57.6 Å². The monoisotopic (exact) mass is 257 g/mol. The van der Waals surface area contributed by atoms with Crippen molar-refractivity contribution in [3.63, 3.8) is 0 Å². The molecule has 1 unspecified atom stereocenters. The maximum atomic E-state index is 12.7. The fourth-order valence-electron chi connectivity index (χ4n) is 1.59. The number of carboxylic acids is 1. The van der Waals surface area contributed by atoms with Crippen LogP contribution in [0.5, 0.6) is 0 Å². The van der Waals surface area contributed by atoms with E-state index in [1.165, 1.54) is 0 Å². The molecule has 0 aromatic rings. The Labute approximate surface area is 94.2 Å². The molecule has 1 N–H and O–H groups in total. The number of carboxylic acid groups (broad SMARTS) is 1. The van der Waals surface area contributed by atoms with Gasteiger partial charge in [0.2, 0.25) is 5.91 Å². The third-order valence-corrected chi connectivity index (χ3v) is 2.57. The lowest BCUT2D eigenvalue weighted by molar-refractivity contribution is -0.164. The lowest BCUT2D eigenvalue weighted by atomic mass is 9.97. The molecule has 1 aliphatic heterocycles. The van der Waals surface area contributed by atoms with Gasteiger partial charge in [-0.05, 0) is 6.42 Å². The second kappa shape index (κ2) is 4.89. The summed E-state index contributed by atoms with van der Waals surface area (Å²) in [5.41, 5.74) is 0. The van der Waals surface area contributed by atoms with Gasteiger partial charge in [0.15, 0.2) is 0 Å². The minimum Gasteiger partial charge on any atom is -0.481 e. The number of nitrogens with zero attached hydrogens (tertiary/aromatic N) is 1. The summed E-state index contributed by atoms with van der Waals surface area (Å²) >= 11 is 0. The van der Waals surface area contributed by atoms with Gasteiger partial charge in [-0.1, -0.05) is 0 Å². The summed E-state index contributed by atoms with van der Waals surface area (Å²) in [6.07, 6.45) is -4.04. The first kappa shape index (κ1) is 13.7. The van der Waals surface area contributed by atoms with Crippen molar-refractivity contribution in [2.24, 2.45) is 5.92 Å². The van der Waals surface area contributed by atoms with Crippen LogP contribution in [0.3, 0.4) is 0 Å². The number of alkyl halides is 4. The van der Waals surface area contributed by atoms with Crippen molar-refractivity contribution in [3.8, 4) is 0 Å². The summed E-state index contributed by atoms with van der Waals surface area (Å²) < 4.78 is 49.4. The molecule has 0 aromatic heterocycles. The summed E-state index contributed by atoms with van der Waals surface area (Å²) in [6.45, 7) is -1.89. The van der Waals surface area contributed by atoms with E-state index in [-0.39, 0.29) is 12.8 Å². The van der Waals surface area contributed by atoms with E-state index in [2.05, 4.69) is 0 Å². The Hall–Kier alpha value is -1.34. The molecule has 0 bridgehead atoms. The summed E-state index contributed by atoms with van der Waals surface area (Å²) in [4.78, 5) is 22.3. The Morgan fingerprint density at radius 1 is 1.53 bits per heavy atom. The smallest absolute Gasteiger partial charge is 0.324 e. The Morgan fingerprint density at radius 3 is 2.59 bits per heavy atom. The molecule has 0 radical (unpaired) electrons. The Kier molecular flexibility index (Phi) is 3.94. The molecular weight excluding hydrogens is 246 g/mol. The van der Waals surface area contributed by atoms with E-state index in [0.717, 1.165) is 0 Å². The predicted molar refractivity (Wildman–Crippen MR) is 47.9 cm³/mol. The number of hydrogen-bond donors (Lipinski definition) is 1. The molecule has 4 nitrogen and oxygen atoms in total. The van der Waals surface area contributed by atoms with E-state index < -0.39 is 43.2 Å². The number of piperidine rings is 1. The van der Waals surface area contributed by atoms with Gasteiger partial charge < -0.3 is 10.0 Å². The molecule has 1 rings (SSSR count). The second-order valence-corrected chi connectivity index (χ2v) is 3.91. The number of halogens is 4. The van der Waals surface area contributed by atoms with Crippen LogP contribution in [-0.4, -0.2) is 47.3 Å². The fourth-order valence-corrected chi connectivity index (χ4v) is 1.59. The highest BCUT2D eigenvalue weighted by molar-refractivity contribution is 5.80. The van der Waals surface area contributed by atoms with Crippen LogP contribution in [0.1, 0.15) is 12.8 Å². The lowest BCUT2D eigenvalue weighted by Crippen LogP contribution is -2.49. The average molecular weight is 257 g/mol. The average Bonchev–Trinajstić information content (AvgIpc) is 2.20. The van der Waals surface area contributed by atoms with Crippen LogP contribution in [0.15, 0.2) is 0 Å². The van der Waals surface area contributed by atoms with Gasteiger partial charge in [-0.25, -0.2) is 8.78 Å². The molecule has 1 saturated heterocycles. The molecule has 8 heteroatoms. The van der Waals surface area contributed by atoms with Gasteiger partial charge in [-0.15, -0.1) is 0 Å². The number of rotatable bonds is 4. The van der Waals surface area contributed by atoms with Gasteiger partial charge in [0.25, 0.3) is 0 Å². The van der Waals surface area contributed by atoms with Crippen molar-refractivity contribution in [1.29, 1.82) is 0 Å². The highest BCUT2D eigenvalue weighted by atomic mass is 19.3. The van der Waals surface area contributed by atoms with E-state index >= 15 is 0 Å². The van der Waals surface area contributed by atoms with Crippen molar-refractivity contribution in [1.82, 2.24) is 4.90 Å². The number of hydrogen-bond acceptors (Lipinski definition) is 2. The standard InChI is InChI=1S/C9H11F4NO3/c10-8(11)9(12,13)4-14-3-5(7(16)17)1-2-6(14)15/h5,8H,1-4H2,(H,16,17). The van der Waals surface area contributed by atoms with Crippen molar-refractivity contribution in [2.75, 3.05) is 13.1 Å². The zero-order valence-corrected chi connectivity index (χ0v) is 8.71. The third kappa shape index (κ3) is 3.31. The first-order valence-electron chi connectivity index (χ1n) is 4.90. The second-order valence-electron chi connectivity index (χ2n) is 3.91. The van der Waals surface area contributed by atoms with Crippen molar-refractivity contribution >= 4 is 11.9 Å². The van der Waals surface area contributed by atoms with Crippen LogP contribution in [0.25, 0.3) is 0 Å². The van der Waals surface area contributed by atoms with Crippen LogP contribution in [0, 0.1) is 5.92 Å². The summed E-state index contributed by atoms with van der Waals surface area (Å²) in [5, 5.41) is 8.68. The van der Waals surface area contributed by atoms with Crippen LogP contribution in [0.4, 0.5) is 17.6 Å². The van der Waals surface area contributed by atoms with Crippen molar-refractivity contribution in [3.05, 3.63) is 0 Å². The van der Waals surface area contributed by atoms with Crippen LogP contribution in [-0.2, 0) is 9.59 Å². The highest BCUT2D eigenvalue weighted by Gasteiger charge is 2.45. The zero-order chi connectivity index (χ0) is 13.2. The Morgan fingerprint density at radius 2 is 2.12 bits per heavy atom. The largest absolute Gasteiger partial charge is 0.481 e. The number of aliphatic carboxylic acids is 1.